The lowest BCUT2D eigenvalue weighted by Gasteiger charge is -2.28. The average Bonchev–Trinajstić information content (AvgIpc) is 2.69. The van der Waals surface area contributed by atoms with Crippen LogP contribution in [0.15, 0.2) is 0 Å². The Morgan fingerprint density at radius 2 is 1.89 bits per heavy atom. The van der Waals surface area contributed by atoms with E-state index in [1.807, 2.05) is 11.8 Å². The Bertz CT molecular complexity index is 288. The molecule has 0 bridgehead atoms. The lowest BCUT2D eigenvalue weighted by Crippen LogP contribution is -2.49. The summed E-state index contributed by atoms with van der Waals surface area (Å²) in [5.74, 6) is 0.574. The normalized spacial score (nSPS) is 30.1. The maximum atomic E-state index is 12.4. The van der Waals surface area contributed by atoms with Crippen LogP contribution in [0.5, 0.6) is 0 Å². The molecule has 0 aromatic rings. The van der Waals surface area contributed by atoms with Crippen LogP contribution in [0.25, 0.3) is 0 Å². The van der Waals surface area contributed by atoms with Crippen LogP contribution in [0.3, 0.4) is 0 Å². The zero-order valence-corrected chi connectivity index (χ0v) is 12.1. The van der Waals surface area contributed by atoms with Gasteiger partial charge >= 0.3 is 0 Å². The Balaban J connectivity index is 1.84. The molecule has 0 radical (unpaired) electrons. The summed E-state index contributed by atoms with van der Waals surface area (Å²) < 4.78 is 0. The number of hydrogen-bond donors (Lipinski definition) is 2. The van der Waals surface area contributed by atoms with Gasteiger partial charge in [-0.05, 0) is 38.5 Å². The summed E-state index contributed by atoms with van der Waals surface area (Å²) in [6, 6.07) is 0.200. The Kier molecular flexibility index (Phi) is 5.64. The van der Waals surface area contributed by atoms with Crippen LogP contribution in [-0.2, 0) is 4.79 Å². The molecule has 1 amide bonds. The van der Waals surface area contributed by atoms with Gasteiger partial charge in [0.2, 0.25) is 5.91 Å². The fraction of sp³-hybridized carbons (Fsp3) is 0.933. The summed E-state index contributed by atoms with van der Waals surface area (Å²) in [4.78, 5) is 14.5. The molecule has 1 aliphatic carbocycles. The fourth-order valence-electron chi connectivity index (χ4n) is 3.43. The molecule has 2 aliphatic rings. The van der Waals surface area contributed by atoms with E-state index in [9.17, 15) is 9.90 Å². The highest BCUT2D eigenvalue weighted by molar-refractivity contribution is 5.81. The van der Waals surface area contributed by atoms with Gasteiger partial charge in [-0.3, -0.25) is 4.79 Å². The third-order valence-corrected chi connectivity index (χ3v) is 4.65. The fourth-order valence-corrected chi connectivity index (χ4v) is 3.43. The molecule has 2 rings (SSSR count). The van der Waals surface area contributed by atoms with E-state index in [1.165, 1.54) is 12.8 Å². The number of nitrogens with zero attached hydrogens (tertiary/aromatic N) is 1. The molecule has 2 N–H and O–H groups in total. The number of nitrogens with one attached hydrogen (secondary N) is 1. The van der Waals surface area contributed by atoms with Gasteiger partial charge in [-0.1, -0.05) is 19.3 Å². The molecule has 2 fully saturated rings. The number of likely N-dealkylation sites (tertiary alicyclic amines) is 1. The van der Waals surface area contributed by atoms with Gasteiger partial charge < -0.3 is 15.3 Å². The van der Waals surface area contributed by atoms with E-state index in [2.05, 4.69) is 5.32 Å². The van der Waals surface area contributed by atoms with Crippen LogP contribution in [0.1, 0.15) is 51.9 Å². The first-order chi connectivity index (χ1) is 9.22. The Labute approximate surface area is 116 Å². The number of aliphatic hydroxyl groups excluding tert-OH is 1. The molecule has 3 atom stereocenters. The molecule has 1 saturated carbocycles. The van der Waals surface area contributed by atoms with Gasteiger partial charge in [-0.25, -0.2) is 0 Å². The summed E-state index contributed by atoms with van der Waals surface area (Å²) in [6.45, 7) is 4.04. The van der Waals surface area contributed by atoms with Crippen molar-refractivity contribution in [2.45, 2.75) is 64.0 Å². The van der Waals surface area contributed by atoms with Crippen LogP contribution in [0.2, 0.25) is 0 Å². The molecular weight excluding hydrogens is 240 g/mol. The largest absolute Gasteiger partial charge is 0.396 e. The molecule has 4 nitrogen and oxygen atoms in total. The van der Waals surface area contributed by atoms with E-state index >= 15 is 0 Å². The van der Waals surface area contributed by atoms with Crippen molar-refractivity contribution < 1.29 is 9.90 Å². The first-order valence-electron chi connectivity index (χ1n) is 7.88. The molecule has 0 spiro atoms. The first-order valence-corrected chi connectivity index (χ1v) is 7.88. The molecule has 4 heteroatoms. The number of amides is 1. The van der Waals surface area contributed by atoms with Gasteiger partial charge in [0.05, 0.1) is 6.04 Å². The topological polar surface area (TPSA) is 52.6 Å². The van der Waals surface area contributed by atoms with E-state index in [0.29, 0.717) is 12.0 Å². The second-order valence-corrected chi connectivity index (χ2v) is 6.11. The van der Waals surface area contributed by atoms with Crippen LogP contribution >= 0.6 is 0 Å². The third kappa shape index (κ3) is 3.93. The zero-order valence-electron chi connectivity index (χ0n) is 12.1. The predicted octanol–water partition coefficient (Wildman–Crippen LogP) is 1.53. The molecule has 0 aromatic carbocycles. The van der Waals surface area contributed by atoms with Crippen molar-refractivity contribution in [3.8, 4) is 0 Å². The number of aliphatic hydroxyl groups is 1. The first kappa shape index (κ1) is 14.8. The highest BCUT2D eigenvalue weighted by Crippen LogP contribution is 2.25. The second-order valence-electron chi connectivity index (χ2n) is 6.11. The summed E-state index contributed by atoms with van der Waals surface area (Å²) in [5.41, 5.74) is 0. The monoisotopic (exact) mass is 268 g/mol. The molecule has 3 unspecified atom stereocenters. The van der Waals surface area contributed by atoms with Crippen molar-refractivity contribution in [2.24, 2.45) is 5.92 Å². The number of carbonyl (C=O) groups excluding carboxylic acids is 1. The van der Waals surface area contributed by atoms with Gasteiger partial charge in [0.15, 0.2) is 0 Å². The molecule has 0 aromatic heterocycles. The van der Waals surface area contributed by atoms with Crippen molar-refractivity contribution in [3.63, 3.8) is 0 Å². The van der Waals surface area contributed by atoms with Crippen LogP contribution in [-0.4, -0.2) is 47.7 Å². The molecular formula is C15H28N2O2. The van der Waals surface area contributed by atoms with E-state index in [-0.39, 0.29) is 18.6 Å². The van der Waals surface area contributed by atoms with Crippen molar-refractivity contribution in [1.82, 2.24) is 10.2 Å². The molecule has 1 aliphatic heterocycles. The van der Waals surface area contributed by atoms with Gasteiger partial charge in [0.1, 0.15) is 0 Å². The highest BCUT2D eigenvalue weighted by Gasteiger charge is 2.30. The number of carbonyl (C=O) groups is 1. The maximum absolute atomic E-state index is 12.4. The average molecular weight is 268 g/mol. The summed E-state index contributed by atoms with van der Waals surface area (Å²) >= 11 is 0. The lowest BCUT2D eigenvalue weighted by atomic mass is 10.0. The van der Waals surface area contributed by atoms with Gasteiger partial charge in [0.25, 0.3) is 0 Å². The molecule has 1 saturated heterocycles. The third-order valence-electron chi connectivity index (χ3n) is 4.65. The van der Waals surface area contributed by atoms with Crippen LogP contribution < -0.4 is 5.32 Å². The van der Waals surface area contributed by atoms with E-state index in [4.69, 9.17) is 0 Å². The zero-order chi connectivity index (χ0) is 13.7. The van der Waals surface area contributed by atoms with E-state index in [0.717, 1.165) is 45.2 Å². The predicted molar refractivity (Wildman–Crippen MR) is 75.9 cm³/mol. The SMILES string of the molecule is CC(NC1CCCC1CO)C(=O)N1CCCCCC1. The van der Waals surface area contributed by atoms with Gasteiger partial charge in [0, 0.05) is 25.7 Å². The minimum atomic E-state index is -0.116. The Hall–Kier alpha value is -0.610. The Morgan fingerprint density at radius 1 is 1.21 bits per heavy atom. The quantitative estimate of drug-likeness (QED) is 0.813. The molecule has 1 heterocycles. The standard InChI is InChI=1S/C15H28N2O2/c1-12(16-14-8-6-7-13(14)11-18)15(19)17-9-4-2-3-5-10-17/h12-14,16,18H,2-11H2,1H3. The number of hydrogen-bond acceptors (Lipinski definition) is 3. The van der Waals surface area contributed by atoms with E-state index < -0.39 is 0 Å². The van der Waals surface area contributed by atoms with Crippen molar-refractivity contribution >= 4 is 5.91 Å². The minimum absolute atomic E-state index is 0.116. The van der Waals surface area contributed by atoms with Crippen molar-refractivity contribution in [2.75, 3.05) is 19.7 Å². The summed E-state index contributed by atoms with van der Waals surface area (Å²) in [7, 11) is 0. The lowest BCUT2D eigenvalue weighted by molar-refractivity contribution is -0.133. The Morgan fingerprint density at radius 3 is 2.53 bits per heavy atom. The van der Waals surface area contributed by atoms with Gasteiger partial charge in [-0.15, -0.1) is 0 Å². The van der Waals surface area contributed by atoms with Crippen molar-refractivity contribution in [3.05, 3.63) is 0 Å². The summed E-state index contributed by atoms with van der Waals surface area (Å²) in [6.07, 6.45) is 8.11. The van der Waals surface area contributed by atoms with Gasteiger partial charge in [-0.2, -0.15) is 0 Å². The second kappa shape index (κ2) is 7.25. The van der Waals surface area contributed by atoms with E-state index in [1.54, 1.807) is 0 Å². The molecule has 110 valence electrons. The molecule has 19 heavy (non-hydrogen) atoms. The summed E-state index contributed by atoms with van der Waals surface area (Å²) in [5, 5.41) is 12.8. The highest BCUT2D eigenvalue weighted by atomic mass is 16.3. The minimum Gasteiger partial charge on any atom is -0.396 e. The smallest absolute Gasteiger partial charge is 0.239 e. The maximum Gasteiger partial charge on any atom is 0.239 e. The number of rotatable bonds is 4. The van der Waals surface area contributed by atoms with Crippen molar-refractivity contribution in [1.29, 1.82) is 0 Å². The van der Waals surface area contributed by atoms with Crippen LogP contribution in [0.4, 0.5) is 0 Å². The van der Waals surface area contributed by atoms with Crippen LogP contribution in [0, 0.1) is 5.92 Å².